The molecule has 1 atom stereocenters. The Morgan fingerprint density at radius 2 is 1.93 bits per heavy atom. The Morgan fingerprint density at radius 3 is 2.67 bits per heavy atom. The predicted molar refractivity (Wildman–Crippen MR) is 116 cm³/mol. The van der Waals surface area contributed by atoms with Crippen molar-refractivity contribution in [1.29, 1.82) is 0 Å². The quantitative estimate of drug-likeness (QED) is 0.653. The van der Waals surface area contributed by atoms with Crippen molar-refractivity contribution in [2.24, 2.45) is 0 Å². The third-order valence-corrected chi connectivity index (χ3v) is 7.71. The number of amides is 1. The van der Waals surface area contributed by atoms with Gasteiger partial charge in [0.05, 0.1) is 22.0 Å². The average Bonchev–Trinajstić information content (AvgIpc) is 3.40. The number of carbonyl (C=O) groups is 1. The van der Waals surface area contributed by atoms with Crippen molar-refractivity contribution in [3.05, 3.63) is 59.9 Å². The van der Waals surface area contributed by atoms with E-state index in [9.17, 15) is 13.2 Å². The molecule has 3 aromatic rings. The van der Waals surface area contributed by atoms with E-state index >= 15 is 0 Å². The first-order valence-electron chi connectivity index (χ1n) is 10.3. The van der Waals surface area contributed by atoms with Crippen LogP contribution in [-0.2, 0) is 10.0 Å². The van der Waals surface area contributed by atoms with Gasteiger partial charge in [-0.1, -0.05) is 32.0 Å². The predicted octanol–water partition coefficient (Wildman–Crippen LogP) is 3.57. The monoisotopic (exact) mass is 426 g/mol. The van der Waals surface area contributed by atoms with E-state index in [-0.39, 0.29) is 16.8 Å². The topological polar surface area (TPSA) is 86.4 Å². The molecule has 0 saturated carbocycles. The number of aromatic amines is 1. The van der Waals surface area contributed by atoms with Gasteiger partial charge in [-0.2, -0.15) is 4.31 Å². The van der Waals surface area contributed by atoms with Crippen LogP contribution >= 0.6 is 0 Å². The summed E-state index contributed by atoms with van der Waals surface area (Å²) in [4.78, 5) is 23.3. The summed E-state index contributed by atoms with van der Waals surface area (Å²) in [5.74, 6) is 0.600. The minimum atomic E-state index is -3.62. The van der Waals surface area contributed by atoms with E-state index in [1.807, 2.05) is 24.3 Å². The van der Waals surface area contributed by atoms with Gasteiger partial charge in [-0.15, -0.1) is 0 Å². The SMILES string of the molecule is CCN(CC)S(=O)(=O)c1cccc(C(=O)N2CCCC2c2nc3ccccc3[nH]2)c1. The van der Waals surface area contributed by atoms with Crippen molar-refractivity contribution in [2.75, 3.05) is 19.6 Å². The molecule has 2 heterocycles. The maximum Gasteiger partial charge on any atom is 0.254 e. The number of likely N-dealkylation sites (tertiary alicyclic amines) is 1. The van der Waals surface area contributed by atoms with Crippen LogP contribution in [0.15, 0.2) is 53.4 Å². The molecular formula is C22H26N4O3S. The van der Waals surface area contributed by atoms with Crippen LogP contribution in [0.2, 0.25) is 0 Å². The lowest BCUT2D eigenvalue weighted by atomic mass is 10.1. The number of sulfonamides is 1. The van der Waals surface area contributed by atoms with Gasteiger partial charge < -0.3 is 9.88 Å². The number of rotatable bonds is 6. The van der Waals surface area contributed by atoms with Gasteiger partial charge in [-0.25, -0.2) is 13.4 Å². The molecule has 0 aliphatic carbocycles. The van der Waals surface area contributed by atoms with Crippen molar-refractivity contribution in [1.82, 2.24) is 19.2 Å². The Kier molecular flexibility index (Phi) is 5.62. The summed E-state index contributed by atoms with van der Waals surface area (Å²) < 4.78 is 27.1. The maximum absolute atomic E-state index is 13.3. The summed E-state index contributed by atoms with van der Waals surface area (Å²) >= 11 is 0. The lowest BCUT2D eigenvalue weighted by molar-refractivity contribution is 0.0730. The molecule has 1 aliphatic heterocycles. The normalized spacial score (nSPS) is 17.2. The lowest BCUT2D eigenvalue weighted by Crippen LogP contribution is -2.32. The Hall–Kier alpha value is -2.71. The van der Waals surface area contributed by atoms with Crippen molar-refractivity contribution in [3.63, 3.8) is 0 Å². The molecule has 2 aromatic carbocycles. The van der Waals surface area contributed by atoms with Gasteiger partial charge >= 0.3 is 0 Å². The zero-order valence-electron chi connectivity index (χ0n) is 17.2. The number of carbonyl (C=O) groups excluding carboxylic acids is 1. The number of hydrogen-bond donors (Lipinski definition) is 1. The fraction of sp³-hybridized carbons (Fsp3) is 0.364. The summed E-state index contributed by atoms with van der Waals surface area (Å²) in [5, 5.41) is 0. The number of para-hydroxylation sites is 2. The van der Waals surface area contributed by atoms with Gasteiger partial charge in [0.25, 0.3) is 5.91 Å². The van der Waals surface area contributed by atoms with E-state index in [4.69, 9.17) is 0 Å². The molecule has 0 bridgehead atoms. The molecule has 1 saturated heterocycles. The smallest absolute Gasteiger partial charge is 0.254 e. The third-order valence-electron chi connectivity index (χ3n) is 5.66. The molecule has 0 radical (unpaired) electrons. The zero-order chi connectivity index (χ0) is 21.3. The van der Waals surface area contributed by atoms with E-state index in [0.29, 0.717) is 25.2 Å². The number of aromatic nitrogens is 2. The van der Waals surface area contributed by atoms with E-state index in [0.717, 1.165) is 29.7 Å². The van der Waals surface area contributed by atoms with Crippen molar-refractivity contribution >= 4 is 27.0 Å². The Bertz CT molecular complexity index is 1130. The molecule has 7 nitrogen and oxygen atoms in total. The Balaban J connectivity index is 1.64. The zero-order valence-corrected chi connectivity index (χ0v) is 18.0. The number of benzene rings is 2. The van der Waals surface area contributed by atoms with Crippen LogP contribution in [0.25, 0.3) is 11.0 Å². The molecular weight excluding hydrogens is 400 g/mol. The largest absolute Gasteiger partial charge is 0.340 e. The second kappa shape index (κ2) is 8.20. The van der Waals surface area contributed by atoms with E-state index < -0.39 is 10.0 Å². The minimum Gasteiger partial charge on any atom is -0.340 e. The molecule has 1 aromatic heterocycles. The average molecular weight is 427 g/mol. The fourth-order valence-corrected chi connectivity index (χ4v) is 5.60. The van der Waals surface area contributed by atoms with Crippen molar-refractivity contribution < 1.29 is 13.2 Å². The number of nitrogens with zero attached hydrogens (tertiary/aromatic N) is 3. The molecule has 0 spiro atoms. The molecule has 1 aliphatic rings. The highest BCUT2D eigenvalue weighted by Crippen LogP contribution is 2.33. The number of H-pyrrole nitrogens is 1. The van der Waals surface area contributed by atoms with Crippen LogP contribution in [0, 0.1) is 0 Å². The van der Waals surface area contributed by atoms with Crippen LogP contribution in [-0.4, -0.2) is 53.1 Å². The second-order valence-corrected chi connectivity index (χ2v) is 9.35. The van der Waals surface area contributed by atoms with Crippen molar-refractivity contribution in [3.8, 4) is 0 Å². The standard InChI is InChI=1S/C22H26N4O3S/c1-3-25(4-2)30(28,29)17-10-7-9-16(15-17)22(27)26-14-8-13-20(26)21-23-18-11-5-6-12-19(18)24-21/h5-7,9-12,15,20H,3-4,8,13-14H2,1-2H3,(H,23,24). The molecule has 158 valence electrons. The molecule has 1 amide bonds. The number of imidazole rings is 1. The lowest BCUT2D eigenvalue weighted by Gasteiger charge is -2.24. The summed E-state index contributed by atoms with van der Waals surface area (Å²) in [7, 11) is -3.62. The molecule has 30 heavy (non-hydrogen) atoms. The number of fused-ring (bicyclic) bond motifs is 1. The van der Waals surface area contributed by atoms with Gasteiger partial charge in [-0.3, -0.25) is 4.79 Å². The van der Waals surface area contributed by atoms with Crippen LogP contribution in [0.5, 0.6) is 0 Å². The van der Waals surface area contributed by atoms with E-state index in [1.165, 1.54) is 10.4 Å². The first kappa shape index (κ1) is 20.6. The van der Waals surface area contributed by atoms with E-state index in [1.54, 1.807) is 36.9 Å². The second-order valence-electron chi connectivity index (χ2n) is 7.41. The third kappa shape index (κ3) is 3.61. The highest BCUT2D eigenvalue weighted by atomic mass is 32.2. The van der Waals surface area contributed by atoms with Gasteiger partial charge in [-0.05, 0) is 43.2 Å². The highest BCUT2D eigenvalue weighted by Gasteiger charge is 2.33. The summed E-state index contributed by atoms with van der Waals surface area (Å²) in [6.07, 6.45) is 1.70. The summed E-state index contributed by atoms with van der Waals surface area (Å²) in [5.41, 5.74) is 2.20. The van der Waals surface area contributed by atoms with Gasteiger partial charge in [0.2, 0.25) is 10.0 Å². The summed E-state index contributed by atoms with van der Waals surface area (Å²) in [6.45, 7) is 5.00. The fourth-order valence-electron chi connectivity index (χ4n) is 4.09. The van der Waals surface area contributed by atoms with Crippen LogP contribution in [0.3, 0.4) is 0 Å². The Morgan fingerprint density at radius 1 is 1.17 bits per heavy atom. The Labute approximate surface area is 176 Å². The van der Waals surface area contributed by atoms with Crippen LogP contribution in [0.1, 0.15) is 48.9 Å². The van der Waals surface area contributed by atoms with E-state index in [2.05, 4.69) is 9.97 Å². The molecule has 8 heteroatoms. The number of nitrogens with one attached hydrogen (secondary N) is 1. The molecule has 1 unspecified atom stereocenters. The van der Waals surface area contributed by atoms with Gasteiger partial charge in [0, 0.05) is 25.2 Å². The van der Waals surface area contributed by atoms with Gasteiger partial charge in [0.15, 0.2) is 0 Å². The first-order valence-corrected chi connectivity index (χ1v) is 11.8. The van der Waals surface area contributed by atoms with Crippen LogP contribution < -0.4 is 0 Å². The maximum atomic E-state index is 13.3. The van der Waals surface area contributed by atoms with Crippen LogP contribution in [0.4, 0.5) is 0 Å². The molecule has 1 fully saturated rings. The molecule has 1 N–H and O–H groups in total. The van der Waals surface area contributed by atoms with Crippen molar-refractivity contribution in [2.45, 2.75) is 37.6 Å². The minimum absolute atomic E-state index is 0.145. The highest BCUT2D eigenvalue weighted by molar-refractivity contribution is 7.89. The van der Waals surface area contributed by atoms with Gasteiger partial charge in [0.1, 0.15) is 5.82 Å². The first-order chi connectivity index (χ1) is 14.5. The molecule has 4 rings (SSSR count). The number of hydrogen-bond acceptors (Lipinski definition) is 4. The summed E-state index contributed by atoms with van der Waals surface area (Å²) in [6, 6.07) is 14.0.